The van der Waals surface area contributed by atoms with Gasteiger partial charge >= 0.3 is 0 Å². The summed E-state index contributed by atoms with van der Waals surface area (Å²) in [6.45, 7) is 1.79. The lowest BCUT2D eigenvalue weighted by molar-refractivity contribution is -0.0355. The van der Waals surface area contributed by atoms with Gasteiger partial charge in [0, 0.05) is 5.56 Å². The second-order valence-electron chi connectivity index (χ2n) is 6.27. The summed E-state index contributed by atoms with van der Waals surface area (Å²) in [5.41, 5.74) is 1.14. The van der Waals surface area contributed by atoms with Crippen LogP contribution < -0.4 is 5.32 Å². The number of rotatable bonds is 4. The Hall–Kier alpha value is -2.91. The number of alkyl halides is 1. The van der Waals surface area contributed by atoms with E-state index < -0.39 is 24.6 Å². The normalized spacial score (nSPS) is 25.0. The monoisotopic (exact) mass is 371 g/mol. The number of carbonyl (C=O) groups is 1. The number of benzene rings is 1. The first-order valence-electron chi connectivity index (χ1n) is 8.61. The fourth-order valence-corrected chi connectivity index (χ4v) is 3.16. The zero-order valence-corrected chi connectivity index (χ0v) is 14.5. The van der Waals surface area contributed by atoms with Gasteiger partial charge in [-0.05, 0) is 18.6 Å². The first-order valence-corrected chi connectivity index (χ1v) is 8.61. The summed E-state index contributed by atoms with van der Waals surface area (Å²) in [7, 11) is 0. The number of anilines is 1. The maximum atomic E-state index is 14.2. The molecule has 8 nitrogen and oxygen atoms in total. The molecule has 2 aromatic heterocycles. The van der Waals surface area contributed by atoms with Gasteiger partial charge in [-0.3, -0.25) is 9.36 Å². The first-order chi connectivity index (χ1) is 13.1. The topological polar surface area (TPSA) is 102 Å². The van der Waals surface area contributed by atoms with Gasteiger partial charge in [0.2, 0.25) is 0 Å². The summed E-state index contributed by atoms with van der Waals surface area (Å²) in [5, 5.41) is 12.9. The van der Waals surface area contributed by atoms with Gasteiger partial charge in [-0.1, -0.05) is 25.1 Å². The molecule has 140 valence electrons. The lowest BCUT2D eigenvalue weighted by Gasteiger charge is -2.16. The number of aliphatic hydroxyl groups is 1. The van der Waals surface area contributed by atoms with Crippen LogP contribution in [0.2, 0.25) is 0 Å². The summed E-state index contributed by atoms with van der Waals surface area (Å²) >= 11 is 0. The van der Waals surface area contributed by atoms with E-state index in [0.717, 1.165) is 0 Å². The number of hydrogen-bond acceptors (Lipinski definition) is 6. The van der Waals surface area contributed by atoms with Crippen molar-refractivity contribution in [1.29, 1.82) is 0 Å². The van der Waals surface area contributed by atoms with E-state index in [4.69, 9.17) is 4.74 Å². The van der Waals surface area contributed by atoms with Crippen molar-refractivity contribution in [3.63, 3.8) is 0 Å². The number of nitrogens with one attached hydrogen (secondary N) is 1. The number of hydrogen-bond donors (Lipinski definition) is 2. The lowest BCUT2D eigenvalue weighted by Crippen LogP contribution is -2.27. The molecular formula is C18H18FN5O3. The van der Waals surface area contributed by atoms with E-state index in [9.17, 15) is 14.3 Å². The van der Waals surface area contributed by atoms with E-state index in [0.29, 0.717) is 23.1 Å². The van der Waals surface area contributed by atoms with Crippen LogP contribution in [-0.2, 0) is 4.74 Å². The van der Waals surface area contributed by atoms with Crippen LogP contribution in [0.25, 0.3) is 11.2 Å². The second kappa shape index (κ2) is 7.01. The van der Waals surface area contributed by atoms with Crippen LogP contribution in [0.1, 0.15) is 29.9 Å². The molecule has 0 saturated carbocycles. The highest BCUT2D eigenvalue weighted by Gasteiger charge is 2.44. The third kappa shape index (κ3) is 3.04. The molecule has 1 aliphatic rings. The molecule has 1 fully saturated rings. The van der Waals surface area contributed by atoms with Crippen molar-refractivity contribution in [3.05, 3.63) is 48.5 Å². The SMILES string of the molecule is CC[C@H]1O[C@@H](n2cnc3c(NC(=O)c4ccccc4)ncnc32)[C@H](O)[C@@H]1F. The Bertz CT molecular complexity index is 964. The van der Waals surface area contributed by atoms with Gasteiger partial charge in [-0.2, -0.15) is 0 Å². The summed E-state index contributed by atoms with van der Waals surface area (Å²) < 4.78 is 21.3. The molecule has 9 heteroatoms. The third-order valence-corrected chi connectivity index (χ3v) is 4.59. The summed E-state index contributed by atoms with van der Waals surface area (Å²) in [6, 6.07) is 8.70. The van der Waals surface area contributed by atoms with Gasteiger partial charge in [0.05, 0.1) is 12.4 Å². The highest BCUT2D eigenvalue weighted by atomic mass is 19.1. The van der Waals surface area contributed by atoms with Crippen molar-refractivity contribution in [3.8, 4) is 0 Å². The summed E-state index contributed by atoms with van der Waals surface area (Å²) in [5.74, 6) is -0.110. The highest BCUT2D eigenvalue weighted by molar-refractivity contribution is 6.06. The number of carbonyl (C=O) groups excluding carboxylic acids is 1. The predicted octanol–water partition coefficient (Wildman–Crippen LogP) is 2.08. The maximum Gasteiger partial charge on any atom is 0.256 e. The molecule has 2 N–H and O–H groups in total. The van der Waals surface area contributed by atoms with Gasteiger partial charge in [-0.15, -0.1) is 0 Å². The standard InChI is InChI=1S/C18H18FN5O3/c1-2-11-12(19)14(25)18(27-11)24-9-22-13-15(20-8-21-16(13)24)23-17(26)10-6-4-3-5-7-10/h3-9,11-12,14,18,25H,2H2,1H3,(H,20,21,23,26)/t11-,12-,14-,18-/m1/s1. The Labute approximate surface area is 154 Å². The minimum absolute atomic E-state index is 0.226. The number of nitrogens with zero attached hydrogens (tertiary/aromatic N) is 4. The van der Waals surface area contributed by atoms with E-state index in [1.54, 1.807) is 31.2 Å². The van der Waals surface area contributed by atoms with E-state index in [-0.39, 0.29) is 11.7 Å². The minimum atomic E-state index is -1.49. The fraction of sp³-hybridized carbons (Fsp3) is 0.333. The van der Waals surface area contributed by atoms with Gasteiger partial charge in [0.15, 0.2) is 29.4 Å². The molecule has 0 bridgehead atoms. The van der Waals surface area contributed by atoms with Gasteiger partial charge in [0.1, 0.15) is 12.4 Å². The van der Waals surface area contributed by atoms with Gasteiger partial charge in [-0.25, -0.2) is 19.3 Å². The van der Waals surface area contributed by atoms with Crippen molar-refractivity contribution in [2.24, 2.45) is 0 Å². The van der Waals surface area contributed by atoms with Crippen molar-refractivity contribution in [2.75, 3.05) is 5.32 Å². The number of imidazole rings is 1. The first kappa shape index (κ1) is 17.5. The van der Waals surface area contributed by atoms with E-state index in [1.807, 2.05) is 6.07 Å². The van der Waals surface area contributed by atoms with E-state index in [2.05, 4.69) is 20.3 Å². The number of fused-ring (bicyclic) bond motifs is 1. The van der Waals surface area contributed by atoms with Crippen LogP contribution in [0.4, 0.5) is 10.2 Å². The Kier molecular flexibility index (Phi) is 4.54. The molecule has 0 radical (unpaired) electrons. The van der Waals surface area contributed by atoms with Crippen LogP contribution in [0.3, 0.4) is 0 Å². The van der Waals surface area contributed by atoms with Gasteiger partial charge < -0.3 is 15.2 Å². The van der Waals surface area contributed by atoms with Crippen LogP contribution in [0, 0.1) is 0 Å². The summed E-state index contributed by atoms with van der Waals surface area (Å²) in [4.78, 5) is 24.8. The maximum absolute atomic E-state index is 14.2. The average molecular weight is 371 g/mol. The summed E-state index contributed by atoms with van der Waals surface area (Å²) in [6.07, 6.45) is -1.34. The predicted molar refractivity (Wildman–Crippen MR) is 94.8 cm³/mol. The molecule has 0 unspecified atom stereocenters. The van der Waals surface area contributed by atoms with Crippen molar-refractivity contribution < 1.29 is 19.0 Å². The molecular weight excluding hydrogens is 353 g/mol. The molecule has 1 amide bonds. The Morgan fingerprint density at radius 1 is 1.30 bits per heavy atom. The molecule has 1 saturated heterocycles. The fourth-order valence-electron chi connectivity index (χ4n) is 3.16. The molecule has 27 heavy (non-hydrogen) atoms. The Balaban J connectivity index is 1.65. The molecule has 1 aliphatic heterocycles. The number of halogens is 1. The zero-order valence-electron chi connectivity index (χ0n) is 14.5. The minimum Gasteiger partial charge on any atom is -0.385 e. The molecule has 3 heterocycles. The number of aliphatic hydroxyl groups excluding tert-OH is 1. The molecule has 0 spiro atoms. The quantitative estimate of drug-likeness (QED) is 0.728. The lowest BCUT2D eigenvalue weighted by atomic mass is 10.1. The Morgan fingerprint density at radius 2 is 2.07 bits per heavy atom. The highest BCUT2D eigenvalue weighted by Crippen LogP contribution is 2.34. The molecule has 3 aromatic rings. The molecule has 4 rings (SSSR count). The van der Waals surface area contributed by atoms with Crippen LogP contribution >= 0.6 is 0 Å². The van der Waals surface area contributed by atoms with E-state index in [1.165, 1.54) is 17.2 Å². The largest absolute Gasteiger partial charge is 0.385 e. The molecule has 0 aliphatic carbocycles. The second-order valence-corrected chi connectivity index (χ2v) is 6.27. The smallest absolute Gasteiger partial charge is 0.256 e. The number of amides is 1. The van der Waals surface area contributed by atoms with Crippen LogP contribution in [0.5, 0.6) is 0 Å². The van der Waals surface area contributed by atoms with Crippen molar-refractivity contribution in [2.45, 2.75) is 38.0 Å². The third-order valence-electron chi connectivity index (χ3n) is 4.59. The van der Waals surface area contributed by atoms with Crippen LogP contribution in [-0.4, -0.2) is 48.9 Å². The average Bonchev–Trinajstić information content (AvgIpc) is 3.25. The molecule has 1 aromatic carbocycles. The number of ether oxygens (including phenoxy) is 1. The zero-order chi connectivity index (χ0) is 19.0. The van der Waals surface area contributed by atoms with Crippen molar-refractivity contribution >= 4 is 22.9 Å². The van der Waals surface area contributed by atoms with Gasteiger partial charge in [0.25, 0.3) is 5.91 Å². The van der Waals surface area contributed by atoms with E-state index >= 15 is 0 Å². The Morgan fingerprint density at radius 3 is 2.78 bits per heavy atom. The van der Waals surface area contributed by atoms with Crippen LogP contribution in [0.15, 0.2) is 43.0 Å². The van der Waals surface area contributed by atoms with Crippen molar-refractivity contribution in [1.82, 2.24) is 19.5 Å². The molecule has 4 atom stereocenters. The number of aromatic nitrogens is 4.